The van der Waals surface area contributed by atoms with Crippen LogP contribution in [0.5, 0.6) is 0 Å². The zero-order valence-corrected chi connectivity index (χ0v) is 12.6. The van der Waals surface area contributed by atoms with Gasteiger partial charge in [-0.2, -0.15) is 0 Å². The van der Waals surface area contributed by atoms with Gasteiger partial charge >= 0.3 is 5.69 Å². The number of amides is 1. The van der Waals surface area contributed by atoms with Gasteiger partial charge in [-0.3, -0.25) is 14.9 Å². The van der Waals surface area contributed by atoms with E-state index in [1.807, 2.05) is 36.4 Å². The maximum atomic E-state index is 11.4. The predicted molar refractivity (Wildman–Crippen MR) is 84.9 cm³/mol. The van der Waals surface area contributed by atoms with Gasteiger partial charge in [0.05, 0.1) is 4.92 Å². The van der Waals surface area contributed by atoms with E-state index in [0.717, 1.165) is 17.4 Å². The third-order valence-electron chi connectivity index (χ3n) is 2.21. The van der Waals surface area contributed by atoms with Crippen molar-refractivity contribution >= 4 is 39.5 Å². The number of halogens is 1. The van der Waals surface area contributed by atoms with Gasteiger partial charge in [0, 0.05) is 18.5 Å². The van der Waals surface area contributed by atoms with Crippen LogP contribution in [-0.2, 0) is 0 Å². The van der Waals surface area contributed by atoms with Crippen LogP contribution in [0.25, 0.3) is 0 Å². The summed E-state index contributed by atoms with van der Waals surface area (Å²) in [5.41, 5.74) is 5.14. The van der Waals surface area contributed by atoms with E-state index in [2.05, 4.69) is 5.32 Å². The summed E-state index contributed by atoms with van der Waals surface area (Å²) in [5, 5.41) is 13.0. The molecule has 0 unspecified atom stereocenters. The smallest absolute Gasteiger partial charge is 0.304 e. The Kier molecular flexibility index (Phi) is 7.20. The van der Waals surface area contributed by atoms with E-state index in [1.165, 1.54) is 0 Å². The number of nitro groups is 1. The Morgan fingerprint density at radius 2 is 1.81 bits per heavy atom. The first-order chi connectivity index (χ1) is 10.1. The second-order valence-electron chi connectivity index (χ2n) is 3.72. The molecule has 0 atom stereocenters. The van der Waals surface area contributed by atoms with Crippen molar-refractivity contribution in [3.05, 3.63) is 57.5 Å². The molecule has 1 amide bonds. The highest BCUT2D eigenvalue weighted by Gasteiger charge is 2.19. The summed E-state index contributed by atoms with van der Waals surface area (Å²) in [5.74, 6) is -0.116. The van der Waals surface area contributed by atoms with Gasteiger partial charge in [-0.15, -0.1) is 22.9 Å². The standard InChI is InChI=1S/C7H8ClN3O3S.C6H6/c8-1-2-10-7(12)5-3-4(11(13)14)6(9)15-5;1-2-4-6-5-3-1/h3H,1-2,9H2,(H,10,12);1-6H. The normalized spacial score (nSPS) is 9.38. The Morgan fingerprint density at radius 1 is 1.29 bits per heavy atom. The maximum Gasteiger partial charge on any atom is 0.304 e. The third kappa shape index (κ3) is 5.80. The molecule has 0 saturated heterocycles. The van der Waals surface area contributed by atoms with Crippen LogP contribution in [0.3, 0.4) is 0 Å². The number of nitrogens with two attached hydrogens (primary N) is 1. The number of nitrogens with one attached hydrogen (secondary N) is 1. The molecule has 0 spiro atoms. The van der Waals surface area contributed by atoms with Crippen LogP contribution in [0, 0.1) is 10.1 Å². The largest absolute Gasteiger partial charge is 0.385 e. The van der Waals surface area contributed by atoms with Crippen molar-refractivity contribution in [1.29, 1.82) is 0 Å². The number of thiophene rings is 1. The van der Waals surface area contributed by atoms with E-state index in [1.54, 1.807) is 0 Å². The van der Waals surface area contributed by atoms with Crippen LogP contribution in [0.4, 0.5) is 10.7 Å². The van der Waals surface area contributed by atoms with Crippen molar-refractivity contribution in [2.75, 3.05) is 18.2 Å². The Balaban J connectivity index is 0.000000304. The monoisotopic (exact) mass is 327 g/mol. The summed E-state index contributed by atoms with van der Waals surface area (Å²) in [6.45, 7) is 0.311. The highest BCUT2D eigenvalue weighted by Crippen LogP contribution is 2.31. The minimum atomic E-state index is -0.621. The minimum Gasteiger partial charge on any atom is -0.385 e. The van der Waals surface area contributed by atoms with E-state index in [4.69, 9.17) is 17.3 Å². The van der Waals surface area contributed by atoms with Crippen molar-refractivity contribution in [3.8, 4) is 0 Å². The van der Waals surface area contributed by atoms with Gasteiger partial charge in [0.15, 0.2) is 5.00 Å². The number of nitrogens with zero attached hydrogens (tertiary/aromatic N) is 1. The van der Waals surface area contributed by atoms with Gasteiger partial charge in [-0.05, 0) is 0 Å². The molecule has 0 bridgehead atoms. The van der Waals surface area contributed by atoms with E-state index in [-0.39, 0.29) is 21.4 Å². The molecule has 0 aliphatic carbocycles. The number of alkyl halides is 1. The molecule has 0 aliphatic heterocycles. The number of benzene rings is 1. The number of anilines is 1. The van der Waals surface area contributed by atoms with Gasteiger partial charge in [0.25, 0.3) is 5.91 Å². The average molecular weight is 328 g/mol. The quantitative estimate of drug-likeness (QED) is 0.512. The summed E-state index contributed by atoms with van der Waals surface area (Å²) < 4.78 is 0. The second kappa shape index (κ2) is 8.93. The minimum absolute atomic E-state index is 0.0241. The molecular weight excluding hydrogens is 314 g/mol. The molecule has 1 aromatic heterocycles. The van der Waals surface area contributed by atoms with Gasteiger partial charge in [0.1, 0.15) is 4.88 Å². The Morgan fingerprint density at radius 3 is 2.19 bits per heavy atom. The van der Waals surface area contributed by atoms with E-state index in [0.29, 0.717) is 6.54 Å². The predicted octanol–water partition coefficient (Wildman–Crippen LogP) is 2.89. The summed E-state index contributed by atoms with van der Waals surface area (Å²) >= 11 is 6.26. The van der Waals surface area contributed by atoms with Crippen LogP contribution in [0.1, 0.15) is 9.67 Å². The molecule has 0 aliphatic rings. The average Bonchev–Trinajstić information content (AvgIpc) is 2.89. The molecule has 6 nitrogen and oxygen atoms in total. The van der Waals surface area contributed by atoms with Crippen LogP contribution in [0.15, 0.2) is 42.5 Å². The lowest BCUT2D eigenvalue weighted by Gasteiger charge is -1.97. The molecule has 0 radical (unpaired) electrons. The fourth-order valence-electron chi connectivity index (χ4n) is 1.28. The molecule has 3 N–H and O–H groups in total. The first-order valence-corrected chi connectivity index (χ1v) is 7.29. The topological polar surface area (TPSA) is 98.3 Å². The highest BCUT2D eigenvalue weighted by molar-refractivity contribution is 7.18. The lowest BCUT2D eigenvalue weighted by atomic mass is 10.4. The Bertz CT molecular complexity index is 563. The lowest BCUT2D eigenvalue weighted by molar-refractivity contribution is -0.383. The van der Waals surface area contributed by atoms with Crippen molar-refractivity contribution in [2.24, 2.45) is 0 Å². The molecule has 0 saturated carbocycles. The summed E-state index contributed by atoms with van der Waals surface area (Å²) in [6, 6.07) is 13.2. The first-order valence-electron chi connectivity index (χ1n) is 5.94. The van der Waals surface area contributed by atoms with Crippen molar-refractivity contribution in [1.82, 2.24) is 5.32 Å². The molecule has 2 aromatic rings. The number of hydrogen-bond acceptors (Lipinski definition) is 5. The Labute approximate surface area is 130 Å². The van der Waals surface area contributed by atoms with E-state index in [9.17, 15) is 14.9 Å². The molecule has 1 heterocycles. The Hall–Kier alpha value is -2.12. The zero-order chi connectivity index (χ0) is 15.7. The summed E-state index contributed by atoms with van der Waals surface area (Å²) in [7, 11) is 0. The number of carbonyl (C=O) groups is 1. The SMILES string of the molecule is Nc1sc(C(=O)NCCCl)cc1[N+](=O)[O-].c1ccccc1. The van der Waals surface area contributed by atoms with E-state index >= 15 is 0 Å². The molecule has 0 fully saturated rings. The van der Waals surface area contributed by atoms with Gasteiger partial charge in [0.2, 0.25) is 0 Å². The maximum absolute atomic E-state index is 11.4. The van der Waals surface area contributed by atoms with Gasteiger partial charge in [-0.25, -0.2) is 0 Å². The molecule has 21 heavy (non-hydrogen) atoms. The van der Waals surface area contributed by atoms with Crippen molar-refractivity contribution in [2.45, 2.75) is 0 Å². The fraction of sp³-hybridized carbons (Fsp3) is 0.154. The third-order valence-corrected chi connectivity index (χ3v) is 3.35. The first kappa shape index (κ1) is 16.9. The van der Waals surface area contributed by atoms with Crippen LogP contribution < -0.4 is 11.1 Å². The lowest BCUT2D eigenvalue weighted by Crippen LogP contribution is -2.24. The fourth-order valence-corrected chi connectivity index (χ4v) is 2.19. The van der Waals surface area contributed by atoms with E-state index < -0.39 is 10.8 Å². The van der Waals surface area contributed by atoms with Crippen molar-refractivity contribution < 1.29 is 9.72 Å². The molecular formula is C13H14ClN3O3S. The molecule has 1 aromatic carbocycles. The van der Waals surface area contributed by atoms with Crippen LogP contribution in [-0.4, -0.2) is 23.3 Å². The highest BCUT2D eigenvalue weighted by atomic mass is 35.5. The van der Waals surface area contributed by atoms with Crippen LogP contribution in [0.2, 0.25) is 0 Å². The van der Waals surface area contributed by atoms with Crippen LogP contribution >= 0.6 is 22.9 Å². The summed E-state index contributed by atoms with van der Waals surface area (Å²) in [4.78, 5) is 21.4. The molecule has 112 valence electrons. The van der Waals surface area contributed by atoms with Gasteiger partial charge < -0.3 is 11.1 Å². The summed E-state index contributed by atoms with van der Waals surface area (Å²) in [6.07, 6.45) is 0. The van der Waals surface area contributed by atoms with Crippen molar-refractivity contribution in [3.63, 3.8) is 0 Å². The van der Waals surface area contributed by atoms with Gasteiger partial charge in [-0.1, -0.05) is 36.4 Å². The molecule has 8 heteroatoms. The number of hydrogen-bond donors (Lipinski definition) is 2. The number of carbonyl (C=O) groups excluding carboxylic acids is 1. The number of rotatable bonds is 4. The number of nitrogen functional groups attached to an aromatic ring is 1. The zero-order valence-electron chi connectivity index (χ0n) is 11.0. The second-order valence-corrected chi connectivity index (χ2v) is 5.18. The molecule has 2 rings (SSSR count).